The second-order valence-corrected chi connectivity index (χ2v) is 6.55. The lowest BCUT2D eigenvalue weighted by Gasteiger charge is -2.08. The maximum atomic E-state index is 12.9. The van der Waals surface area contributed by atoms with Gasteiger partial charge in [0.2, 0.25) is 0 Å². The number of nitrogens with one attached hydrogen (secondary N) is 1. The van der Waals surface area contributed by atoms with Crippen LogP contribution < -0.4 is 10.1 Å². The molecule has 0 saturated heterocycles. The minimum atomic E-state index is -0.225. The van der Waals surface area contributed by atoms with Gasteiger partial charge >= 0.3 is 0 Å². The van der Waals surface area contributed by atoms with Crippen LogP contribution in [-0.4, -0.2) is 27.8 Å². The van der Waals surface area contributed by atoms with Gasteiger partial charge in [0.1, 0.15) is 11.4 Å². The summed E-state index contributed by atoms with van der Waals surface area (Å²) in [6.45, 7) is 1.94. The maximum absolute atomic E-state index is 12.9. The SMILES string of the molecule is COc1cccc(-c2cc(C(=O)Nc3cccc4nc(C)ccc34)n(C)n2)c1. The summed E-state index contributed by atoms with van der Waals surface area (Å²) in [5.41, 5.74) is 4.57. The molecule has 2 aromatic heterocycles. The lowest BCUT2D eigenvalue weighted by atomic mass is 10.1. The van der Waals surface area contributed by atoms with Crippen molar-refractivity contribution in [2.45, 2.75) is 6.92 Å². The molecule has 6 heteroatoms. The smallest absolute Gasteiger partial charge is 0.273 e. The predicted octanol–water partition coefficient (Wildman–Crippen LogP) is 4.20. The van der Waals surface area contributed by atoms with Gasteiger partial charge in [-0.2, -0.15) is 5.10 Å². The summed E-state index contributed by atoms with van der Waals surface area (Å²) in [5.74, 6) is 0.518. The second-order valence-electron chi connectivity index (χ2n) is 6.55. The predicted molar refractivity (Wildman–Crippen MR) is 110 cm³/mol. The van der Waals surface area contributed by atoms with E-state index in [1.807, 2.05) is 61.5 Å². The van der Waals surface area contributed by atoms with Crippen LogP contribution in [0.15, 0.2) is 60.7 Å². The van der Waals surface area contributed by atoms with Crippen molar-refractivity contribution in [2.75, 3.05) is 12.4 Å². The molecule has 4 aromatic rings. The van der Waals surface area contributed by atoms with Gasteiger partial charge in [-0.3, -0.25) is 14.5 Å². The summed E-state index contributed by atoms with van der Waals surface area (Å²) >= 11 is 0. The molecule has 1 N–H and O–H groups in total. The van der Waals surface area contributed by atoms with Crippen molar-refractivity contribution in [3.8, 4) is 17.0 Å². The van der Waals surface area contributed by atoms with Gasteiger partial charge in [-0.15, -0.1) is 0 Å². The molecular formula is C22H20N4O2. The Morgan fingerprint density at radius 1 is 1.07 bits per heavy atom. The summed E-state index contributed by atoms with van der Waals surface area (Å²) < 4.78 is 6.85. The van der Waals surface area contributed by atoms with Crippen molar-refractivity contribution in [2.24, 2.45) is 7.05 Å². The fraction of sp³-hybridized carbons (Fsp3) is 0.136. The number of benzene rings is 2. The fourth-order valence-electron chi connectivity index (χ4n) is 3.16. The number of pyridine rings is 1. The molecule has 0 saturated carbocycles. The summed E-state index contributed by atoms with van der Waals surface area (Å²) in [7, 11) is 3.38. The van der Waals surface area contributed by atoms with E-state index < -0.39 is 0 Å². The van der Waals surface area contributed by atoms with Crippen LogP contribution in [0.1, 0.15) is 16.2 Å². The standard InChI is InChI=1S/C22H20N4O2/c1-14-10-11-17-18(23-14)8-5-9-19(17)24-22(27)21-13-20(25-26(21)2)15-6-4-7-16(12-15)28-3/h4-13H,1-3H3,(H,24,27). The Bertz CT molecular complexity index is 1180. The highest BCUT2D eigenvalue weighted by atomic mass is 16.5. The van der Waals surface area contributed by atoms with E-state index in [1.165, 1.54) is 0 Å². The first kappa shape index (κ1) is 17.7. The molecule has 4 rings (SSSR count). The van der Waals surface area contributed by atoms with Crippen LogP contribution in [0.5, 0.6) is 5.75 Å². The van der Waals surface area contributed by atoms with E-state index in [1.54, 1.807) is 24.9 Å². The number of rotatable bonds is 4. The number of anilines is 1. The molecule has 2 aromatic carbocycles. The molecule has 0 spiro atoms. The van der Waals surface area contributed by atoms with Crippen molar-refractivity contribution in [1.29, 1.82) is 0 Å². The third-order valence-electron chi connectivity index (χ3n) is 4.60. The molecule has 28 heavy (non-hydrogen) atoms. The third-order valence-corrected chi connectivity index (χ3v) is 4.60. The van der Waals surface area contributed by atoms with Gasteiger partial charge in [0, 0.05) is 23.7 Å². The molecule has 0 aliphatic heterocycles. The highest BCUT2D eigenvalue weighted by Gasteiger charge is 2.16. The molecule has 140 valence electrons. The second kappa shape index (κ2) is 7.15. The van der Waals surface area contributed by atoms with Crippen molar-refractivity contribution in [3.63, 3.8) is 0 Å². The van der Waals surface area contributed by atoms with Gasteiger partial charge in [0.15, 0.2) is 0 Å². The number of aryl methyl sites for hydroxylation is 2. The quantitative estimate of drug-likeness (QED) is 0.583. The third kappa shape index (κ3) is 3.32. The van der Waals surface area contributed by atoms with E-state index in [0.717, 1.165) is 33.6 Å². The minimum absolute atomic E-state index is 0.225. The first-order valence-corrected chi connectivity index (χ1v) is 8.91. The Hall–Kier alpha value is -3.67. The number of hydrogen-bond donors (Lipinski definition) is 1. The molecular weight excluding hydrogens is 352 g/mol. The average Bonchev–Trinajstić information content (AvgIpc) is 3.10. The molecule has 2 heterocycles. The van der Waals surface area contributed by atoms with E-state index in [-0.39, 0.29) is 5.91 Å². The van der Waals surface area contributed by atoms with Gasteiger partial charge in [-0.1, -0.05) is 18.2 Å². The van der Waals surface area contributed by atoms with Crippen LogP contribution in [-0.2, 0) is 7.05 Å². The first-order valence-electron chi connectivity index (χ1n) is 8.91. The monoisotopic (exact) mass is 372 g/mol. The van der Waals surface area contributed by atoms with Gasteiger partial charge < -0.3 is 10.1 Å². The topological polar surface area (TPSA) is 69.0 Å². The van der Waals surface area contributed by atoms with Crippen LogP contribution in [0.25, 0.3) is 22.2 Å². The number of aromatic nitrogens is 3. The molecule has 0 fully saturated rings. The number of nitrogens with zero attached hydrogens (tertiary/aromatic N) is 3. The van der Waals surface area contributed by atoms with Gasteiger partial charge in [0.25, 0.3) is 5.91 Å². The lowest BCUT2D eigenvalue weighted by molar-refractivity contribution is 0.101. The number of carbonyl (C=O) groups is 1. The largest absolute Gasteiger partial charge is 0.497 e. The van der Waals surface area contributed by atoms with Crippen molar-refractivity contribution in [1.82, 2.24) is 14.8 Å². The average molecular weight is 372 g/mol. The van der Waals surface area contributed by atoms with Gasteiger partial charge in [-0.25, -0.2) is 0 Å². The Balaban J connectivity index is 1.65. The van der Waals surface area contributed by atoms with E-state index in [4.69, 9.17) is 4.74 Å². The maximum Gasteiger partial charge on any atom is 0.273 e. The van der Waals surface area contributed by atoms with Crippen LogP contribution in [0.4, 0.5) is 5.69 Å². The van der Waals surface area contributed by atoms with Crippen molar-refractivity contribution >= 4 is 22.5 Å². The molecule has 6 nitrogen and oxygen atoms in total. The normalized spacial score (nSPS) is 10.8. The van der Waals surface area contributed by atoms with Gasteiger partial charge in [0.05, 0.1) is 24.0 Å². The zero-order valence-corrected chi connectivity index (χ0v) is 15.9. The Kier molecular flexibility index (Phi) is 4.53. The molecule has 0 atom stereocenters. The number of ether oxygens (including phenoxy) is 1. The number of carbonyl (C=O) groups excluding carboxylic acids is 1. The zero-order valence-electron chi connectivity index (χ0n) is 15.9. The molecule has 0 aliphatic carbocycles. The molecule has 0 bridgehead atoms. The van der Waals surface area contributed by atoms with Crippen LogP contribution in [0.3, 0.4) is 0 Å². The van der Waals surface area contributed by atoms with Gasteiger partial charge in [-0.05, 0) is 49.4 Å². The van der Waals surface area contributed by atoms with E-state index in [0.29, 0.717) is 11.4 Å². The highest BCUT2D eigenvalue weighted by molar-refractivity contribution is 6.08. The number of hydrogen-bond acceptors (Lipinski definition) is 4. The minimum Gasteiger partial charge on any atom is -0.497 e. The number of fused-ring (bicyclic) bond motifs is 1. The summed E-state index contributed by atoms with van der Waals surface area (Å²) in [5, 5.41) is 8.36. The molecule has 0 radical (unpaired) electrons. The molecule has 0 unspecified atom stereocenters. The summed E-state index contributed by atoms with van der Waals surface area (Å²) in [4.78, 5) is 17.4. The number of amides is 1. The van der Waals surface area contributed by atoms with Crippen molar-refractivity contribution in [3.05, 3.63) is 72.1 Å². The Morgan fingerprint density at radius 2 is 1.89 bits per heavy atom. The molecule has 0 aliphatic rings. The number of methoxy groups -OCH3 is 1. The van der Waals surface area contributed by atoms with Crippen LogP contribution in [0.2, 0.25) is 0 Å². The van der Waals surface area contributed by atoms with E-state index >= 15 is 0 Å². The molecule has 1 amide bonds. The summed E-state index contributed by atoms with van der Waals surface area (Å²) in [6, 6.07) is 19.0. The lowest BCUT2D eigenvalue weighted by Crippen LogP contribution is -2.16. The van der Waals surface area contributed by atoms with E-state index in [9.17, 15) is 4.79 Å². The first-order chi connectivity index (χ1) is 13.5. The highest BCUT2D eigenvalue weighted by Crippen LogP contribution is 2.25. The van der Waals surface area contributed by atoms with Crippen LogP contribution >= 0.6 is 0 Å². The summed E-state index contributed by atoms with van der Waals surface area (Å²) in [6.07, 6.45) is 0. The fourth-order valence-corrected chi connectivity index (χ4v) is 3.16. The Labute approximate surface area is 162 Å². The van der Waals surface area contributed by atoms with Crippen LogP contribution in [0, 0.1) is 6.92 Å². The van der Waals surface area contributed by atoms with Crippen molar-refractivity contribution < 1.29 is 9.53 Å². The van der Waals surface area contributed by atoms with E-state index in [2.05, 4.69) is 15.4 Å². The Morgan fingerprint density at radius 3 is 2.71 bits per heavy atom. The zero-order chi connectivity index (χ0) is 19.7.